The van der Waals surface area contributed by atoms with Crippen molar-refractivity contribution in [2.45, 2.75) is 19.4 Å². The number of carbonyl (C=O) groups excluding carboxylic acids is 1. The molecular formula is C13H27Cl2N3O2. The average molecular weight is 328 g/mol. The SMILES string of the molecule is COCCN1CCN(C(=O)C2CCNC2)CC1C.Cl.Cl. The van der Waals surface area contributed by atoms with Crippen molar-refractivity contribution in [3.63, 3.8) is 0 Å². The quantitative estimate of drug-likeness (QED) is 0.822. The number of halogens is 2. The molecule has 0 aromatic rings. The Hall–Kier alpha value is -0.0700. The molecule has 0 aliphatic carbocycles. The van der Waals surface area contributed by atoms with Crippen LogP contribution in [0.4, 0.5) is 0 Å². The third kappa shape index (κ3) is 5.04. The van der Waals surface area contributed by atoms with Crippen molar-refractivity contribution < 1.29 is 9.53 Å². The molecular weight excluding hydrogens is 301 g/mol. The Morgan fingerprint density at radius 3 is 2.65 bits per heavy atom. The van der Waals surface area contributed by atoms with Gasteiger partial charge in [0.1, 0.15) is 0 Å². The number of nitrogens with one attached hydrogen (secondary N) is 1. The second kappa shape index (κ2) is 9.79. The van der Waals surface area contributed by atoms with Crippen molar-refractivity contribution in [2.24, 2.45) is 5.92 Å². The maximum Gasteiger partial charge on any atom is 0.227 e. The number of nitrogens with zero attached hydrogens (tertiary/aromatic N) is 2. The summed E-state index contributed by atoms with van der Waals surface area (Å²) in [5.74, 6) is 0.556. The maximum atomic E-state index is 12.3. The van der Waals surface area contributed by atoms with Gasteiger partial charge >= 0.3 is 0 Å². The van der Waals surface area contributed by atoms with Gasteiger partial charge in [-0.25, -0.2) is 0 Å². The van der Waals surface area contributed by atoms with Gasteiger partial charge in [-0.2, -0.15) is 0 Å². The smallest absolute Gasteiger partial charge is 0.227 e. The number of rotatable bonds is 4. The Bertz CT molecular complexity index is 289. The van der Waals surface area contributed by atoms with E-state index in [0.717, 1.165) is 52.3 Å². The fourth-order valence-electron chi connectivity index (χ4n) is 2.86. The molecule has 0 radical (unpaired) electrons. The lowest BCUT2D eigenvalue weighted by molar-refractivity contribution is -0.137. The molecule has 0 saturated carbocycles. The largest absolute Gasteiger partial charge is 0.383 e. The van der Waals surface area contributed by atoms with E-state index in [9.17, 15) is 4.79 Å². The minimum absolute atomic E-state index is 0. The van der Waals surface area contributed by atoms with Gasteiger partial charge in [0.25, 0.3) is 0 Å². The van der Waals surface area contributed by atoms with E-state index in [4.69, 9.17) is 4.74 Å². The Kier molecular flexibility index (Phi) is 9.76. The molecule has 2 aliphatic rings. The van der Waals surface area contributed by atoms with Crippen molar-refractivity contribution in [1.29, 1.82) is 0 Å². The predicted molar refractivity (Wildman–Crippen MR) is 85.0 cm³/mol. The van der Waals surface area contributed by atoms with E-state index in [-0.39, 0.29) is 30.7 Å². The normalized spacial score (nSPS) is 26.8. The van der Waals surface area contributed by atoms with Crippen LogP contribution in [0.25, 0.3) is 0 Å². The molecule has 2 saturated heterocycles. The van der Waals surface area contributed by atoms with Crippen LogP contribution in [-0.4, -0.2) is 74.7 Å². The van der Waals surface area contributed by atoms with Crippen molar-refractivity contribution in [1.82, 2.24) is 15.1 Å². The van der Waals surface area contributed by atoms with Gasteiger partial charge in [-0.1, -0.05) is 0 Å². The monoisotopic (exact) mass is 327 g/mol. The van der Waals surface area contributed by atoms with Crippen LogP contribution in [0, 0.1) is 5.92 Å². The van der Waals surface area contributed by atoms with Gasteiger partial charge in [0, 0.05) is 45.9 Å². The zero-order valence-corrected chi connectivity index (χ0v) is 14.0. The van der Waals surface area contributed by atoms with E-state index in [1.54, 1.807) is 7.11 Å². The molecule has 0 aromatic heterocycles. The third-order valence-corrected chi connectivity index (χ3v) is 4.07. The molecule has 0 bridgehead atoms. The molecule has 2 rings (SSSR count). The lowest BCUT2D eigenvalue weighted by Crippen LogP contribution is -2.55. The topological polar surface area (TPSA) is 44.8 Å². The van der Waals surface area contributed by atoms with Crippen LogP contribution in [0.3, 0.4) is 0 Å². The first-order chi connectivity index (χ1) is 8.72. The summed E-state index contributed by atoms with van der Waals surface area (Å²) >= 11 is 0. The molecule has 0 spiro atoms. The second-order valence-electron chi connectivity index (χ2n) is 5.35. The van der Waals surface area contributed by atoms with E-state index in [1.165, 1.54) is 0 Å². The summed E-state index contributed by atoms with van der Waals surface area (Å²) in [6.07, 6.45) is 0.997. The van der Waals surface area contributed by atoms with Gasteiger partial charge in [0.2, 0.25) is 5.91 Å². The van der Waals surface area contributed by atoms with Crippen molar-refractivity contribution in [3.8, 4) is 0 Å². The first-order valence-corrected chi connectivity index (χ1v) is 6.95. The number of carbonyl (C=O) groups is 1. The molecule has 20 heavy (non-hydrogen) atoms. The molecule has 2 fully saturated rings. The highest BCUT2D eigenvalue weighted by atomic mass is 35.5. The van der Waals surface area contributed by atoms with E-state index in [0.29, 0.717) is 11.9 Å². The summed E-state index contributed by atoms with van der Waals surface area (Å²) < 4.78 is 5.12. The Labute approximate surface area is 134 Å². The van der Waals surface area contributed by atoms with Crippen LogP contribution >= 0.6 is 24.8 Å². The number of hydrogen-bond donors (Lipinski definition) is 1. The zero-order valence-electron chi connectivity index (χ0n) is 12.3. The third-order valence-electron chi connectivity index (χ3n) is 4.07. The van der Waals surface area contributed by atoms with E-state index >= 15 is 0 Å². The number of piperazine rings is 1. The van der Waals surface area contributed by atoms with Gasteiger partial charge in [-0.15, -0.1) is 24.8 Å². The Morgan fingerprint density at radius 1 is 1.35 bits per heavy atom. The Balaban J connectivity index is 0.00000180. The average Bonchev–Trinajstić information content (AvgIpc) is 2.90. The molecule has 7 heteroatoms. The molecule has 2 aliphatic heterocycles. The summed E-state index contributed by atoms with van der Waals surface area (Å²) in [6.45, 7) is 8.47. The summed E-state index contributed by atoms with van der Waals surface area (Å²) in [7, 11) is 1.73. The van der Waals surface area contributed by atoms with Crippen LogP contribution in [0.15, 0.2) is 0 Å². The van der Waals surface area contributed by atoms with Crippen LogP contribution in [-0.2, 0) is 9.53 Å². The van der Waals surface area contributed by atoms with Gasteiger partial charge in [0.15, 0.2) is 0 Å². The van der Waals surface area contributed by atoms with Gasteiger partial charge in [-0.05, 0) is 19.9 Å². The number of ether oxygens (including phenoxy) is 1. The fraction of sp³-hybridized carbons (Fsp3) is 0.923. The van der Waals surface area contributed by atoms with Crippen molar-refractivity contribution in [3.05, 3.63) is 0 Å². The predicted octanol–water partition coefficient (Wildman–Crippen LogP) is 0.619. The molecule has 120 valence electrons. The van der Waals surface area contributed by atoms with Crippen molar-refractivity contribution >= 4 is 30.7 Å². The number of hydrogen-bond acceptors (Lipinski definition) is 4. The summed E-state index contributed by atoms with van der Waals surface area (Å²) in [5, 5.41) is 3.27. The van der Waals surface area contributed by atoms with Crippen molar-refractivity contribution in [2.75, 3.05) is 53.0 Å². The molecule has 0 aromatic carbocycles. The molecule has 2 heterocycles. The molecule has 1 amide bonds. The number of amides is 1. The lowest BCUT2D eigenvalue weighted by Gasteiger charge is -2.40. The van der Waals surface area contributed by atoms with E-state index < -0.39 is 0 Å². The minimum Gasteiger partial charge on any atom is -0.383 e. The fourth-order valence-corrected chi connectivity index (χ4v) is 2.86. The van der Waals surface area contributed by atoms with Crippen LogP contribution < -0.4 is 5.32 Å². The minimum atomic E-state index is 0. The number of methoxy groups -OCH3 is 1. The highest BCUT2D eigenvalue weighted by molar-refractivity contribution is 5.85. The summed E-state index contributed by atoms with van der Waals surface area (Å²) in [6, 6.07) is 0.437. The summed E-state index contributed by atoms with van der Waals surface area (Å²) in [5.41, 5.74) is 0. The van der Waals surface area contributed by atoms with Gasteiger partial charge in [-0.3, -0.25) is 9.69 Å². The zero-order chi connectivity index (χ0) is 13.0. The van der Waals surface area contributed by atoms with Crippen LogP contribution in [0.5, 0.6) is 0 Å². The lowest BCUT2D eigenvalue weighted by atomic mass is 10.1. The van der Waals surface area contributed by atoms with Gasteiger partial charge < -0.3 is 15.0 Å². The highest BCUT2D eigenvalue weighted by Crippen LogP contribution is 2.16. The molecule has 2 unspecified atom stereocenters. The highest BCUT2D eigenvalue weighted by Gasteiger charge is 2.31. The van der Waals surface area contributed by atoms with Crippen LogP contribution in [0.1, 0.15) is 13.3 Å². The van der Waals surface area contributed by atoms with Gasteiger partial charge in [0.05, 0.1) is 12.5 Å². The second-order valence-corrected chi connectivity index (χ2v) is 5.35. The molecule has 5 nitrogen and oxygen atoms in total. The van der Waals surface area contributed by atoms with E-state index in [2.05, 4.69) is 17.1 Å². The van der Waals surface area contributed by atoms with E-state index in [1.807, 2.05) is 4.90 Å². The first kappa shape index (κ1) is 19.9. The standard InChI is InChI=1S/C13H25N3O2.2ClH/c1-11-10-16(6-5-15(11)7-8-18-2)13(17)12-3-4-14-9-12;;/h11-12,14H,3-10H2,1-2H3;2*1H. The van der Waals surface area contributed by atoms with Crippen LogP contribution in [0.2, 0.25) is 0 Å². The molecule has 2 atom stereocenters. The first-order valence-electron chi connectivity index (χ1n) is 6.95. The molecule has 1 N–H and O–H groups in total. The maximum absolute atomic E-state index is 12.3. The Morgan fingerprint density at radius 2 is 2.10 bits per heavy atom. The summed E-state index contributed by atoms with van der Waals surface area (Å²) in [4.78, 5) is 16.8.